The van der Waals surface area contributed by atoms with E-state index in [2.05, 4.69) is 15.5 Å². The molecule has 1 amide bonds. The van der Waals surface area contributed by atoms with Gasteiger partial charge in [-0.05, 0) is 45.6 Å². The molecule has 2 N–H and O–H groups in total. The molecule has 1 rings (SSSR count). The second kappa shape index (κ2) is 9.37. The smallest absolute Gasteiger partial charge is 0.253 e. The van der Waals surface area contributed by atoms with E-state index in [9.17, 15) is 4.79 Å². The topological polar surface area (TPSA) is 53.6 Å². The Morgan fingerprint density at radius 1 is 1.29 bits per heavy atom. The number of hydrogen-bond acceptors (Lipinski definition) is 4. The molecule has 0 aliphatic heterocycles. The average Bonchev–Trinajstić information content (AvgIpc) is 2.42. The molecular weight excluding hydrogens is 266 g/mol. The summed E-state index contributed by atoms with van der Waals surface area (Å²) in [7, 11) is 4.01. The van der Waals surface area contributed by atoms with E-state index in [1.807, 2.05) is 46.1 Å². The lowest BCUT2D eigenvalue weighted by Crippen LogP contribution is -2.29. The first-order valence-corrected chi connectivity index (χ1v) is 7.39. The second-order valence-electron chi connectivity index (χ2n) is 5.25. The van der Waals surface area contributed by atoms with Gasteiger partial charge in [0.05, 0.1) is 18.8 Å². The highest BCUT2D eigenvalue weighted by Gasteiger charge is 2.10. The van der Waals surface area contributed by atoms with Crippen LogP contribution in [0.2, 0.25) is 0 Å². The number of anilines is 1. The Labute approximate surface area is 127 Å². The van der Waals surface area contributed by atoms with Crippen LogP contribution in [0.15, 0.2) is 18.2 Å². The van der Waals surface area contributed by atoms with Gasteiger partial charge in [0.1, 0.15) is 0 Å². The van der Waals surface area contributed by atoms with Crippen molar-refractivity contribution < 1.29 is 9.53 Å². The van der Waals surface area contributed by atoms with E-state index < -0.39 is 0 Å². The monoisotopic (exact) mass is 293 g/mol. The Bertz CT molecular complexity index is 447. The molecule has 0 bridgehead atoms. The predicted molar refractivity (Wildman–Crippen MR) is 87.0 cm³/mol. The van der Waals surface area contributed by atoms with E-state index in [4.69, 9.17) is 4.74 Å². The van der Waals surface area contributed by atoms with E-state index in [0.717, 1.165) is 24.3 Å². The molecular formula is C16H27N3O2. The largest absolute Gasteiger partial charge is 0.385 e. The van der Waals surface area contributed by atoms with Crippen LogP contribution in [-0.2, 0) is 4.74 Å². The zero-order chi connectivity index (χ0) is 15.7. The lowest BCUT2D eigenvalue weighted by Gasteiger charge is -2.13. The molecule has 0 aliphatic rings. The molecule has 1 aromatic rings. The predicted octanol–water partition coefficient (Wildman–Crippen LogP) is 1.73. The summed E-state index contributed by atoms with van der Waals surface area (Å²) in [6, 6.07) is 5.80. The van der Waals surface area contributed by atoms with Crippen molar-refractivity contribution in [3.63, 3.8) is 0 Å². The Hall–Kier alpha value is -1.59. The fraction of sp³-hybridized carbons (Fsp3) is 0.562. The fourth-order valence-electron chi connectivity index (χ4n) is 1.87. The molecule has 0 heterocycles. The molecule has 0 atom stereocenters. The number of carbonyl (C=O) groups excluding carboxylic acids is 1. The molecule has 0 radical (unpaired) electrons. The molecule has 0 aliphatic carbocycles. The van der Waals surface area contributed by atoms with Gasteiger partial charge in [-0.25, -0.2) is 0 Å². The molecule has 0 fully saturated rings. The van der Waals surface area contributed by atoms with Crippen LogP contribution in [0.25, 0.3) is 0 Å². The summed E-state index contributed by atoms with van der Waals surface area (Å²) in [5.41, 5.74) is 2.69. The molecule has 5 heteroatoms. The highest BCUT2D eigenvalue weighted by atomic mass is 16.5. The third kappa shape index (κ3) is 6.60. The highest BCUT2D eigenvalue weighted by Crippen LogP contribution is 2.17. The van der Waals surface area contributed by atoms with Gasteiger partial charge in [0.2, 0.25) is 0 Å². The van der Waals surface area contributed by atoms with Crippen LogP contribution < -0.4 is 10.6 Å². The van der Waals surface area contributed by atoms with Gasteiger partial charge in [-0.2, -0.15) is 0 Å². The summed E-state index contributed by atoms with van der Waals surface area (Å²) in [6.45, 7) is 7.43. The molecule has 0 aromatic heterocycles. The van der Waals surface area contributed by atoms with Crippen molar-refractivity contribution in [2.75, 3.05) is 52.3 Å². The van der Waals surface area contributed by atoms with Crippen LogP contribution in [0.1, 0.15) is 22.8 Å². The van der Waals surface area contributed by atoms with Gasteiger partial charge >= 0.3 is 0 Å². The Morgan fingerprint density at radius 3 is 2.71 bits per heavy atom. The van der Waals surface area contributed by atoms with Crippen molar-refractivity contribution in [1.29, 1.82) is 0 Å². The number of carbonyl (C=O) groups is 1. The van der Waals surface area contributed by atoms with Crippen molar-refractivity contribution >= 4 is 11.6 Å². The minimum Gasteiger partial charge on any atom is -0.385 e. The Morgan fingerprint density at radius 2 is 2.05 bits per heavy atom. The van der Waals surface area contributed by atoms with E-state index in [-0.39, 0.29) is 5.91 Å². The third-order valence-corrected chi connectivity index (χ3v) is 3.00. The van der Waals surface area contributed by atoms with E-state index in [1.165, 1.54) is 0 Å². The van der Waals surface area contributed by atoms with Gasteiger partial charge in [-0.3, -0.25) is 4.79 Å². The number of nitrogens with zero attached hydrogens (tertiary/aromatic N) is 1. The second-order valence-corrected chi connectivity index (χ2v) is 5.25. The van der Waals surface area contributed by atoms with E-state index in [1.54, 1.807) is 0 Å². The molecule has 0 unspecified atom stereocenters. The normalized spacial score (nSPS) is 10.7. The molecule has 1 aromatic carbocycles. The van der Waals surface area contributed by atoms with Crippen molar-refractivity contribution in [2.24, 2.45) is 0 Å². The highest BCUT2D eigenvalue weighted by molar-refractivity contribution is 5.99. The first-order chi connectivity index (χ1) is 10.0. The fourth-order valence-corrected chi connectivity index (χ4v) is 1.87. The molecule has 5 nitrogen and oxygen atoms in total. The number of nitrogens with one attached hydrogen (secondary N) is 2. The lowest BCUT2D eigenvalue weighted by molar-refractivity contribution is 0.0901. The van der Waals surface area contributed by atoms with Crippen LogP contribution >= 0.6 is 0 Å². The molecule has 0 spiro atoms. The molecule has 118 valence electrons. The lowest BCUT2D eigenvalue weighted by atomic mass is 10.1. The van der Waals surface area contributed by atoms with Crippen molar-refractivity contribution in [2.45, 2.75) is 13.8 Å². The first-order valence-electron chi connectivity index (χ1n) is 7.39. The summed E-state index contributed by atoms with van der Waals surface area (Å²) >= 11 is 0. The van der Waals surface area contributed by atoms with Gasteiger partial charge in [0, 0.05) is 25.3 Å². The van der Waals surface area contributed by atoms with Crippen LogP contribution in [-0.4, -0.2) is 57.8 Å². The molecule has 21 heavy (non-hydrogen) atoms. The number of hydrogen-bond donors (Lipinski definition) is 2. The van der Waals surface area contributed by atoms with Gasteiger partial charge < -0.3 is 20.3 Å². The number of ether oxygens (including phenoxy) is 1. The van der Waals surface area contributed by atoms with Crippen LogP contribution in [0.3, 0.4) is 0 Å². The average molecular weight is 293 g/mol. The van der Waals surface area contributed by atoms with Gasteiger partial charge in [0.15, 0.2) is 0 Å². The summed E-state index contributed by atoms with van der Waals surface area (Å²) in [4.78, 5) is 14.2. The van der Waals surface area contributed by atoms with Crippen molar-refractivity contribution in [3.8, 4) is 0 Å². The molecule has 0 saturated heterocycles. The quantitative estimate of drug-likeness (QED) is 0.681. The minimum absolute atomic E-state index is 0.0674. The zero-order valence-corrected chi connectivity index (χ0v) is 13.5. The van der Waals surface area contributed by atoms with Crippen LogP contribution in [0.4, 0.5) is 5.69 Å². The van der Waals surface area contributed by atoms with Gasteiger partial charge in [-0.1, -0.05) is 6.07 Å². The standard InChI is InChI=1S/C16H27N3O2/c1-5-17-15-12-13(2)6-7-14(15)16(20)18-8-10-21-11-9-19(3)4/h6-7,12,17H,5,8-11H2,1-4H3,(H,18,20). The first kappa shape index (κ1) is 17.5. The summed E-state index contributed by atoms with van der Waals surface area (Å²) in [5, 5.41) is 6.11. The minimum atomic E-state index is -0.0674. The maximum atomic E-state index is 12.2. The van der Waals surface area contributed by atoms with E-state index in [0.29, 0.717) is 25.3 Å². The van der Waals surface area contributed by atoms with Gasteiger partial charge in [-0.15, -0.1) is 0 Å². The Balaban J connectivity index is 2.41. The van der Waals surface area contributed by atoms with Crippen LogP contribution in [0.5, 0.6) is 0 Å². The summed E-state index contributed by atoms with van der Waals surface area (Å²) < 4.78 is 5.46. The number of benzene rings is 1. The molecule has 0 saturated carbocycles. The Kier molecular flexibility index (Phi) is 7.79. The van der Waals surface area contributed by atoms with Crippen molar-refractivity contribution in [3.05, 3.63) is 29.3 Å². The van der Waals surface area contributed by atoms with Crippen LogP contribution in [0, 0.1) is 6.92 Å². The zero-order valence-electron chi connectivity index (χ0n) is 13.5. The van der Waals surface area contributed by atoms with Crippen molar-refractivity contribution in [1.82, 2.24) is 10.2 Å². The summed E-state index contributed by atoms with van der Waals surface area (Å²) in [5.74, 6) is -0.0674. The maximum absolute atomic E-state index is 12.2. The van der Waals surface area contributed by atoms with Gasteiger partial charge in [0.25, 0.3) is 5.91 Å². The number of aryl methyl sites for hydroxylation is 1. The van der Waals surface area contributed by atoms with E-state index >= 15 is 0 Å². The maximum Gasteiger partial charge on any atom is 0.253 e. The number of rotatable bonds is 9. The summed E-state index contributed by atoms with van der Waals surface area (Å²) in [6.07, 6.45) is 0. The number of likely N-dealkylation sites (N-methyl/N-ethyl adjacent to an activating group) is 1. The third-order valence-electron chi connectivity index (χ3n) is 3.00. The SMILES string of the molecule is CCNc1cc(C)ccc1C(=O)NCCOCCN(C)C. The number of amides is 1.